The molecule has 0 aliphatic rings. The van der Waals surface area contributed by atoms with Crippen molar-refractivity contribution in [1.82, 2.24) is 9.97 Å². The highest BCUT2D eigenvalue weighted by Crippen LogP contribution is 2.01. The fraction of sp³-hybridized carbons (Fsp3) is 0.375. The van der Waals surface area contributed by atoms with E-state index in [1.807, 2.05) is 13.8 Å². The van der Waals surface area contributed by atoms with Crippen LogP contribution in [0.25, 0.3) is 0 Å². The van der Waals surface area contributed by atoms with Crippen LogP contribution in [0.5, 0.6) is 0 Å². The van der Waals surface area contributed by atoms with Gasteiger partial charge in [-0.3, -0.25) is 4.79 Å². The van der Waals surface area contributed by atoms with Gasteiger partial charge >= 0.3 is 0 Å². The molecule has 0 aliphatic carbocycles. The fourth-order valence-electron chi connectivity index (χ4n) is 0.753. The highest BCUT2D eigenvalue weighted by atomic mass is 16.1. The molecule has 64 valence electrons. The summed E-state index contributed by atoms with van der Waals surface area (Å²) >= 11 is 0. The van der Waals surface area contributed by atoms with Crippen molar-refractivity contribution in [2.45, 2.75) is 13.8 Å². The number of rotatable bonds is 2. The molecule has 2 N–H and O–H groups in total. The van der Waals surface area contributed by atoms with Crippen molar-refractivity contribution in [2.75, 3.05) is 6.54 Å². The summed E-state index contributed by atoms with van der Waals surface area (Å²) in [5, 5.41) is 0. The van der Waals surface area contributed by atoms with Gasteiger partial charge in [-0.2, -0.15) is 0 Å². The van der Waals surface area contributed by atoms with E-state index in [2.05, 4.69) is 9.97 Å². The van der Waals surface area contributed by atoms with E-state index in [4.69, 9.17) is 5.73 Å². The molecule has 0 fully saturated rings. The Kier molecular flexibility index (Phi) is 2.50. The van der Waals surface area contributed by atoms with Crippen LogP contribution >= 0.6 is 0 Å². The van der Waals surface area contributed by atoms with Crippen LogP contribution in [0, 0.1) is 13.8 Å². The maximum absolute atomic E-state index is 11.0. The van der Waals surface area contributed by atoms with E-state index in [1.165, 1.54) is 0 Å². The molecule has 4 heteroatoms. The Bertz CT molecular complexity index is 309. The summed E-state index contributed by atoms with van der Waals surface area (Å²) in [5.74, 6) is -0.0151. The third-order valence-corrected chi connectivity index (χ3v) is 1.66. The highest BCUT2D eigenvalue weighted by Gasteiger charge is 2.06. The summed E-state index contributed by atoms with van der Waals surface area (Å²) in [6, 6.07) is 0. The molecule has 1 rings (SSSR count). The first kappa shape index (κ1) is 8.80. The van der Waals surface area contributed by atoms with Crippen molar-refractivity contribution < 1.29 is 4.79 Å². The summed E-state index contributed by atoms with van der Waals surface area (Å²) in [4.78, 5) is 18.9. The number of Topliss-reactive ketones (excluding diaryl/α,β-unsaturated/α-hetero) is 1. The maximum atomic E-state index is 11.0. The number of nitrogens with two attached hydrogens (primary N) is 1. The molecule has 0 bridgehead atoms. The van der Waals surface area contributed by atoms with Crippen LogP contribution in [0.15, 0.2) is 6.20 Å². The standard InChI is InChI=1S/C8H11N3O/c1-5-4-10-8(7(12)3-9)11-6(5)2/h4H,3,9H2,1-2H3. The monoisotopic (exact) mass is 165 g/mol. The van der Waals surface area contributed by atoms with Crippen molar-refractivity contribution in [1.29, 1.82) is 0 Å². The molecule has 0 amide bonds. The summed E-state index contributed by atoms with van der Waals surface area (Å²) < 4.78 is 0. The van der Waals surface area contributed by atoms with Crippen molar-refractivity contribution in [3.8, 4) is 0 Å². The molecule has 1 heterocycles. The van der Waals surface area contributed by atoms with Gasteiger partial charge < -0.3 is 5.73 Å². The maximum Gasteiger partial charge on any atom is 0.213 e. The molecule has 4 nitrogen and oxygen atoms in total. The van der Waals surface area contributed by atoms with E-state index in [1.54, 1.807) is 6.20 Å². The lowest BCUT2D eigenvalue weighted by atomic mass is 10.2. The Morgan fingerprint density at radius 2 is 2.25 bits per heavy atom. The van der Waals surface area contributed by atoms with Gasteiger partial charge in [-0.25, -0.2) is 9.97 Å². The third-order valence-electron chi connectivity index (χ3n) is 1.66. The SMILES string of the molecule is Cc1cnc(C(=O)CN)nc1C. The molecule has 0 aromatic carbocycles. The Morgan fingerprint density at radius 1 is 1.58 bits per heavy atom. The summed E-state index contributed by atoms with van der Waals surface area (Å²) in [6.45, 7) is 3.69. The Balaban J connectivity index is 3.05. The summed E-state index contributed by atoms with van der Waals surface area (Å²) in [7, 11) is 0. The molecule has 0 atom stereocenters. The van der Waals surface area contributed by atoms with Gasteiger partial charge in [0, 0.05) is 11.9 Å². The van der Waals surface area contributed by atoms with Crippen LogP contribution in [-0.2, 0) is 0 Å². The van der Waals surface area contributed by atoms with E-state index in [0.29, 0.717) is 0 Å². The highest BCUT2D eigenvalue weighted by molar-refractivity contribution is 5.93. The van der Waals surface area contributed by atoms with Gasteiger partial charge in [0.15, 0.2) is 5.82 Å². The second-order valence-electron chi connectivity index (χ2n) is 2.59. The minimum atomic E-state index is -0.224. The molecule has 1 aromatic heterocycles. The van der Waals surface area contributed by atoms with Crippen LogP contribution in [0.3, 0.4) is 0 Å². The lowest BCUT2D eigenvalue weighted by molar-refractivity contribution is 0.0991. The normalized spacial score (nSPS) is 9.92. The number of carbonyl (C=O) groups is 1. The lowest BCUT2D eigenvalue weighted by Crippen LogP contribution is -2.17. The topological polar surface area (TPSA) is 68.9 Å². The second kappa shape index (κ2) is 3.40. The smallest absolute Gasteiger partial charge is 0.213 e. The van der Waals surface area contributed by atoms with Gasteiger partial charge in [0.2, 0.25) is 5.78 Å². The fourth-order valence-corrected chi connectivity index (χ4v) is 0.753. The second-order valence-corrected chi connectivity index (χ2v) is 2.59. The number of hydrogen-bond donors (Lipinski definition) is 1. The van der Waals surface area contributed by atoms with Crippen molar-refractivity contribution in [3.63, 3.8) is 0 Å². The van der Waals surface area contributed by atoms with Gasteiger partial charge in [-0.1, -0.05) is 0 Å². The number of aromatic nitrogens is 2. The minimum absolute atomic E-state index is 0.0392. The molecule has 0 saturated carbocycles. The number of ketones is 1. The van der Waals surface area contributed by atoms with Crippen LogP contribution in [-0.4, -0.2) is 22.3 Å². The average molecular weight is 165 g/mol. The Morgan fingerprint density at radius 3 is 2.75 bits per heavy atom. The van der Waals surface area contributed by atoms with Crippen molar-refractivity contribution >= 4 is 5.78 Å². The van der Waals surface area contributed by atoms with Crippen molar-refractivity contribution in [2.24, 2.45) is 5.73 Å². The van der Waals surface area contributed by atoms with Gasteiger partial charge in [0.25, 0.3) is 0 Å². The zero-order chi connectivity index (χ0) is 9.14. The van der Waals surface area contributed by atoms with E-state index >= 15 is 0 Å². The van der Waals surface area contributed by atoms with Crippen LogP contribution in [0.4, 0.5) is 0 Å². The van der Waals surface area contributed by atoms with E-state index < -0.39 is 0 Å². The number of hydrogen-bond acceptors (Lipinski definition) is 4. The Hall–Kier alpha value is -1.29. The molecular weight excluding hydrogens is 154 g/mol. The minimum Gasteiger partial charge on any atom is -0.324 e. The predicted octanol–water partition coefficient (Wildman–Crippen LogP) is 0.235. The van der Waals surface area contributed by atoms with E-state index in [0.717, 1.165) is 11.3 Å². The van der Waals surface area contributed by atoms with Crippen LogP contribution < -0.4 is 5.73 Å². The molecule has 12 heavy (non-hydrogen) atoms. The molecule has 0 saturated heterocycles. The molecule has 1 aromatic rings. The van der Waals surface area contributed by atoms with E-state index in [9.17, 15) is 4.79 Å². The quantitative estimate of drug-likeness (QED) is 0.637. The summed E-state index contributed by atoms with van der Waals surface area (Å²) in [6.07, 6.45) is 1.63. The summed E-state index contributed by atoms with van der Waals surface area (Å²) in [5.41, 5.74) is 6.96. The number of aryl methyl sites for hydroxylation is 2. The number of carbonyl (C=O) groups excluding carboxylic acids is 1. The molecule has 0 aliphatic heterocycles. The van der Waals surface area contributed by atoms with Crippen LogP contribution in [0.1, 0.15) is 21.9 Å². The number of nitrogens with zero attached hydrogens (tertiary/aromatic N) is 2. The largest absolute Gasteiger partial charge is 0.324 e. The van der Waals surface area contributed by atoms with E-state index in [-0.39, 0.29) is 18.2 Å². The Labute approximate surface area is 70.8 Å². The molecule has 0 spiro atoms. The lowest BCUT2D eigenvalue weighted by Gasteiger charge is -2.00. The first-order valence-electron chi connectivity index (χ1n) is 3.68. The van der Waals surface area contributed by atoms with Crippen LogP contribution in [0.2, 0.25) is 0 Å². The zero-order valence-electron chi connectivity index (χ0n) is 7.16. The third kappa shape index (κ3) is 1.65. The van der Waals surface area contributed by atoms with Gasteiger partial charge in [-0.15, -0.1) is 0 Å². The van der Waals surface area contributed by atoms with Crippen molar-refractivity contribution in [3.05, 3.63) is 23.3 Å². The predicted molar refractivity (Wildman–Crippen MR) is 44.9 cm³/mol. The van der Waals surface area contributed by atoms with Gasteiger partial charge in [0.1, 0.15) is 0 Å². The first-order chi connectivity index (χ1) is 5.65. The molecule has 0 unspecified atom stereocenters. The zero-order valence-corrected chi connectivity index (χ0v) is 7.16. The molecule has 0 radical (unpaired) electrons. The average Bonchev–Trinajstić information content (AvgIpc) is 2.08. The first-order valence-corrected chi connectivity index (χ1v) is 3.68. The van der Waals surface area contributed by atoms with Gasteiger partial charge in [-0.05, 0) is 19.4 Å². The molecular formula is C8H11N3O. The van der Waals surface area contributed by atoms with Gasteiger partial charge in [0.05, 0.1) is 6.54 Å².